The van der Waals surface area contributed by atoms with E-state index in [1.54, 1.807) is 44.5 Å². The van der Waals surface area contributed by atoms with Gasteiger partial charge in [-0.25, -0.2) is 8.42 Å². The average molecular weight is 361 g/mol. The molecule has 0 radical (unpaired) electrons. The van der Waals surface area contributed by atoms with Crippen LogP contribution in [0.15, 0.2) is 47.4 Å². The van der Waals surface area contributed by atoms with Crippen molar-refractivity contribution in [3.8, 4) is 11.5 Å². The molecule has 3 rings (SSSR count). The quantitative estimate of drug-likeness (QED) is 0.761. The monoisotopic (exact) mass is 361 g/mol. The van der Waals surface area contributed by atoms with Gasteiger partial charge in [-0.05, 0) is 66.8 Å². The van der Waals surface area contributed by atoms with Crippen molar-refractivity contribution in [2.24, 2.45) is 0 Å². The summed E-state index contributed by atoms with van der Waals surface area (Å²) < 4.78 is 37.5. The second-order valence-electron chi connectivity index (χ2n) is 6.13. The van der Waals surface area contributed by atoms with Gasteiger partial charge >= 0.3 is 0 Å². The van der Waals surface area contributed by atoms with Gasteiger partial charge in [0.2, 0.25) is 10.0 Å². The molecule has 0 amide bonds. The van der Waals surface area contributed by atoms with E-state index in [0.717, 1.165) is 30.6 Å². The van der Waals surface area contributed by atoms with Crippen molar-refractivity contribution in [1.82, 2.24) is 4.31 Å². The minimum Gasteiger partial charge on any atom is -0.497 e. The molecule has 0 bridgehead atoms. The Balaban J connectivity index is 1.60. The highest BCUT2D eigenvalue weighted by Gasteiger charge is 2.22. The van der Waals surface area contributed by atoms with Crippen LogP contribution in [0.4, 0.5) is 0 Å². The molecule has 6 heteroatoms. The van der Waals surface area contributed by atoms with E-state index in [0.29, 0.717) is 10.6 Å². The topological polar surface area (TPSA) is 55.8 Å². The molecular formula is C19H23NO4S. The van der Waals surface area contributed by atoms with Crippen molar-refractivity contribution in [2.75, 3.05) is 27.3 Å². The molecule has 0 atom stereocenters. The summed E-state index contributed by atoms with van der Waals surface area (Å²) in [5, 5.41) is 0. The second kappa shape index (κ2) is 7.45. The van der Waals surface area contributed by atoms with Crippen molar-refractivity contribution in [1.29, 1.82) is 0 Å². The van der Waals surface area contributed by atoms with Crippen LogP contribution in [-0.4, -0.2) is 40.0 Å². The highest BCUT2D eigenvalue weighted by molar-refractivity contribution is 7.89. The first kappa shape index (κ1) is 17.8. The fourth-order valence-electron chi connectivity index (χ4n) is 2.97. The molecule has 0 saturated carbocycles. The maximum atomic E-state index is 12.7. The smallest absolute Gasteiger partial charge is 0.242 e. The first-order valence-electron chi connectivity index (χ1n) is 8.36. The third kappa shape index (κ3) is 3.96. The van der Waals surface area contributed by atoms with Crippen molar-refractivity contribution in [3.63, 3.8) is 0 Å². The average Bonchev–Trinajstić information content (AvgIpc) is 3.10. The predicted octanol–water partition coefficient (Wildman–Crippen LogP) is 2.88. The van der Waals surface area contributed by atoms with Crippen molar-refractivity contribution in [3.05, 3.63) is 53.6 Å². The number of methoxy groups -OCH3 is 1. The van der Waals surface area contributed by atoms with E-state index in [2.05, 4.69) is 0 Å². The van der Waals surface area contributed by atoms with Crippen LogP contribution >= 0.6 is 0 Å². The molecular weight excluding hydrogens is 338 g/mol. The summed E-state index contributed by atoms with van der Waals surface area (Å²) >= 11 is 0. The van der Waals surface area contributed by atoms with Gasteiger partial charge in [0.15, 0.2) is 0 Å². The number of sulfonamides is 1. The third-order valence-electron chi connectivity index (χ3n) is 4.51. The Kier molecular flexibility index (Phi) is 5.30. The van der Waals surface area contributed by atoms with Gasteiger partial charge in [-0.15, -0.1) is 0 Å². The summed E-state index contributed by atoms with van der Waals surface area (Å²) in [4.78, 5) is 0.361. The lowest BCUT2D eigenvalue weighted by Gasteiger charge is -2.18. The van der Waals surface area contributed by atoms with Gasteiger partial charge in [-0.3, -0.25) is 0 Å². The normalized spacial score (nSPS) is 13.7. The van der Waals surface area contributed by atoms with Crippen LogP contribution in [0.5, 0.6) is 11.5 Å². The molecule has 1 aliphatic rings. The van der Waals surface area contributed by atoms with Gasteiger partial charge < -0.3 is 9.47 Å². The molecule has 134 valence electrons. The Hall–Kier alpha value is -2.05. The van der Waals surface area contributed by atoms with E-state index in [1.807, 2.05) is 12.1 Å². The van der Waals surface area contributed by atoms with Crippen molar-refractivity contribution < 1.29 is 17.9 Å². The molecule has 0 spiro atoms. The minimum absolute atomic E-state index is 0.283. The molecule has 1 aliphatic carbocycles. The number of hydrogen-bond donors (Lipinski definition) is 0. The molecule has 0 aliphatic heterocycles. The molecule has 25 heavy (non-hydrogen) atoms. The Labute approximate surface area is 149 Å². The first-order valence-corrected chi connectivity index (χ1v) is 9.80. The van der Waals surface area contributed by atoms with Gasteiger partial charge in [-0.1, -0.05) is 6.07 Å². The number of ether oxygens (including phenoxy) is 2. The molecule has 0 aromatic heterocycles. The molecule has 5 nitrogen and oxygen atoms in total. The molecule has 0 saturated heterocycles. The number of fused-ring (bicyclic) bond motifs is 1. The van der Waals surface area contributed by atoms with Crippen LogP contribution in [0, 0.1) is 0 Å². The van der Waals surface area contributed by atoms with Crippen LogP contribution in [0.25, 0.3) is 0 Å². The number of hydrogen-bond acceptors (Lipinski definition) is 4. The van der Waals surface area contributed by atoms with Crippen LogP contribution < -0.4 is 9.47 Å². The fourth-order valence-corrected chi connectivity index (χ4v) is 4.18. The van der Waals surface area contributed by atoms with Crippen molar-refractivity contribution >= 4 is 10.0 Å². The minimum atomic E-state index is -3.49. The summed E-state index contributed by atoms with van der Waals surface area (Å²) in [5.41, 5.74) is 2.42. The number of aryl methyl sites for hydroxylation is 2. The maximum absolute atomic E-state index is 12.7. The van der Waals surface area contributed by atoms with Crippen LogP contribution in [0.2, 0.25) is 0 Å². The van der Waals surface area contributed by atoms with Gasteiger partial charge in [0.1, 0.15) is 18.1 Å². The van der Waals surface area contributed by atoms with Gasteiger partial charge in [0, 0.05) is 13.6 Å². The summed E-state index contributed by atoms with van der Waals surface area (Å²) in [5.74, 6) is 1.44. The van der Waals surface area contributed by atoms with Gasteiger partial charge in [0.25, 0.3) is 0 Å². The molecule has 0 heterocycles. The second-order valence-corrected chi connectivity index (χ2v) is 8.18. The standard InChI is InChI=1S/C19H23NO4S/c1-20(12-13-24-18-9-7-17(23-2)8-10-18)25(21,22)19-11-6-15-4-3-5-16(15)14-19/h6-11,14H,3-5,12-13H2,1-2H3. The Morgan fingerprint density at radius 3 is 2.40 bits per heavy atom. The van der Waals surface area contributed by atoms with Crippen LogP contribution in [0.1, 0.15) is 17.5 Å². The fraction of sp³-hybridized carbons (Fsp3) is 0.368. The lowest BCUT2D eigenvalue weighted by molar-refractivity contribution is 0.286. The molecule has 2 aromatic rings. The molecule has 0 fully saturated rings. The van der Waals surface area contributed by atoms with E-state index in [4.69, 9.17) is 9.47 Å². The molecule has 0 N–H and O–H groups in total. The molecule has 0 unspecified atom stereocenters. The summed E-state index contributed by atoms with van der Waals surface area (Å²) in [6, 6.07) is 12.7. The van der Waals surface area contributed by atoms with Crippen molar-refractivity contribution in [2.45, 2.75) is 24.2 Å². The highest BCUT2D eigenvalue weighted by Crippen LogP contribution is 2.26. The van der Waals surface area contributed by atoms with Gasteiger partial charge in [-0.2, -0.15) is 4.31 Å². The Morgan fingerprint density at radius 2 is 1.68 bits per heavy atom. The molecule has 2 aromatic carbocycles. The number of benzene rings is 2. The lowest BCUT2D eigenvalue weighted by Crippen LogP contribution is -2.31. The van der Waals surface area contributed by atoms with E-state index in [-0.39, 0.29) is 13.2 Å². The number of nitrogens with zero attached hydrogens (tertiary/aromatic N) is 1. The van der Waals surface area contributed by atoms with E-state index in [9.17, 15) is 8.42 Å². The predicted molar refractivity (Wildman–Crippen MR) is 96.8 cm³/mol. The zero-order valence-corrected chi connectivity index (χ0v) is 15.4. The van der Waals surface area contributed by atoms with E-state index >= 15 is 0 Å². The van der Waals surface area contributed by atoms with Crippen LogP contribution in [-0.2, 0) is 22.9 Å². The number of rotatable bonds is 7. The number of likely N-dealkylation sites (N-methyl/N-ethyl adjacent to an activating group) is 1. The highest BCUT2D eigenvalue weighted by atomic mass is 32.2. The summed E-state index contributed by atoms with van der Waals surface area (Å²) in [6.45, 7) is 0.568. The SMILES string of the molecule is COc1ccc(OCCN(C)S(=O)(=O)c2ccc3c(c2)CCC3)cc1. The zero-order chi connectivity index (χ0) is 17.9. The lowest BCUT2D eigenvalue weighted by atomic mass is 10.1. The Morgan fingerprint density at radius 1 is 1.00 bits per heavy atom. The van der Waals surface area contributed by atoms with E-state index in [1.165, 1.54) is 9.87 Å². The Bertz CT molecular complexity index is 831. The zero-order valence-electron chi connectivity index (χ0n) is 14.6. The summed E-state index contributed by atoms with van der Waals surface area (Å²) in [6.07, 6.45) is 3.11. The maximum Gasteiger partial charge on any atom is 0.242 e. The van der Waals surface area contributed by atoms with Gasteiger partial charge in [0.05, 0.1) is 12.0 Å². The first-order chi connectivity index (χ1) is 12.0. The summed E-state index contributed by atoms with van der Waals surface area (Å²) in [7, 11) is -0.303. The van der Waals surface area contributed by atoms with Crippen LogP contribution in [0.3, 0.4) is 0 Å². The third-order valence-corrected chi connectivity index (χ3v) is 6.37. The van der Waals surface area contributed by atoms with E-state index < -0.39 is 10.0 Å². The largest absolute Gasteiger partial charge is 0.497 e.